The fourth-order valence-corrected chi connectivity index (χ4v) is 2.84. The van der Waals surface area contributed by atoms with Crippen molar-refractivity contribution < 1.29 is 24.6 Å². The number of hydrogen-bond donors (Lipinski definition) is 6. The molecule has 13 nitrogen and oxygen atoms in total. The van der Waals surface area contributed by atoms with Crippen molar-refractivity contribution in [2.24, 2.45) is 0 Å². The number of aromatic amines is 1. The number of nitrogens with one attached hydrogen (secondary N) is 3. The smallest absolute Gasteiger partial charge is 0.330 e. The Morgan fingerprint density at radius 3 is 2.48 bits per heavy atom. The normalized spacial score (nSPS) is 11.5. The van der Waals surface area contributed by atoms with Gasteiger partial charge >= 0.3 is 11.9 Å². The van der Waals surface area contributed by atoms with Gasteiger partial charge in [0.1, 0.15) is 6.04 Å². The molecule has 0 bridgehead atoms. The molecule has 0 aliphatic heterocycles. The van der Waals surface area contributed by atoms with Crippen LogP contribution >= 0.6 is 0 Å². The van der Waals surface area contributed by atoms with Crippen molar-refractivity contribution in [1.29, 1.82) is 0 Å². The van der Waals surface area contributed by atoms with Crippen LogP contribution in [0.1, 0.15) is 22.5 Å². The maximum atomic E-state index is 12.4. The fraction of sp³-hybridized carbons (Fsp3) is 0.150. The van der Waals surface area contributed by atoms with Crippen LogP contribution in [-0.2, 0) is 16.1 Å². The third-order valence-electron chi connectivity index (χ3n) is 4.42. The number of anilines is 2. The predicted octanol–water partition coefficient (Wildman–Crippen LogP) is 0.121. The van der Waals surface area contributed by atoms with Gasteiger partial charge in [-0.1, -0.05) is 6.58 Å². The number of carboxylic acids is 2. The van der Waals surface area contributed by atoms with E-state index in [1.54, 1.807) is 12.1 Å². The Hall–Kier alpha value is -4.81. The van der Waals surface area contributed by atoms with Crippen molar-refractivity contribution in [3.05, 3.63) is 64.2 Å². The molecule has 170 valence electrons. The predicted molar refractivity (Wildman–Crippen MR) is 116 cm³/mol. The number of H-pyrrole nitrogens is 1. The zero-order valence-electron chi connectivity index (χ0n) is 17.0. The summed E-state index contributed by atoms with van der Waals surface area (Å²) in [6, 6.07) is 4.55. The van der Waals surface area contributed by atoms with Gasteiger partial charge in [-0.15, -0.1) is 0 Å². The molecule has 0 saturated carbocycles. The standard InChI is InChI=1S/C20H19N7O6/c1-9(6-13(28)29)14(19(32)33)25-17(30)10-2-4-11(5-3-10)22-7-12-8-23-16-15(24-12)18(31)27-20(21)26-16/h2-5,8,14,22H,1,6-7H2,(H,25,30)(H,28,29)(H,32,33)(H3,21,23,26,27,31)/t14-/m0/s1. The Morgan fingerprint density at radius 1 is 1.15 bits per heavy atom. The molecule has 13 heteroatoms. The summed E-state index contributed by atoms with van der Waals surface area (Å²) in [5, 5.41) is 23.4. The van der Waals surface area contributed by atoms with Crippen LogP contribution in [0.2, 0.25) is 0 Å². The quantitative estimate of drug-likeness (QED) is 0.239. The van der Waals surface area contributed by atoms with Gasteiger partial charge in [-0.3, -0.25) is 19.4 Å². The maximum absolute atomic E-state index is 12.4. The second kappa shape index (κ2) is 9.55. The lowest BCUT2D eigenvalue weighted by Crippen LogP contribution is -2.42. The largest absolute Gasteiger partial charge is 0.481 e. The van der Waals surface area contributed by atoms with Crippen LogP contribution in [0.3, 0.4) is 0 Å². The monoisotopic (exact) mass is 453 g/mol. The van der Waals surface area contributed by atoms with Gasteiger partial charge in [0.05, 0.1) is 24.9 Å². The number of benzene rings is 1. The van der Waals surface area contributed by atoms with Crippen LogP contribution in [0.25, 0.3) is 11.2 Å². The molecular weight excluding hydrogens is 434 g/mol. The first kappa shape index (κ1) is 22.9. The number of carbonyl (C=O) groups excluding carboxylic acids is 1. The van der Waals surface area contributed by atoms with Crippen LogP contribution in [0.5, 0.6) is 0 Å². The highest BCUT2D eigenvalue weighted by atomic mass is 16.4. The summed E-state index contributed by atoms with van der Waals surface area (Å²) in [6.45, 7) is 3.65. The Labute approximate surface area is 185 Å². The summed E-state index contributed by atoms with van der Waals surface area (Å²) < 4.78 is 0. The molecule has 0 spiro atoms. The Balaban J connectivity index is 1.65. The minimum Gasteiger partial charge on any atom is -0.481 e. The Bertz CT molecular complexity index is 1300. The van der Waals surface area contributed by atoms with Gasteiger partial charge in [0.15, 0.2) is 11.2 Å². The van der Waals surface area contributed by atoms with Crippen molar-refractivity contribution in [3.63, 3.8) is 0 Å². The molecule has 2 aromatic heterocycles. The molecule has 0 aliphatic carbocycles. The summed E-state index contributed by atoms with van der Waals surface area (Å²) in [7, 11) is 0. The molecule has 33 heavy (non-hydrogen) atoms. The van der Waals surface area contributed by atoms with E-state index in [2.05, 4.69) is 37.1 Å². The third kappa shape index (κ3) is 5.66. The summed E-state index contributed by atoms with van der Waals surface area (Å²) in [5.41, 5.74) is 6.22. The van der Waals surface area contributed by atoms with Gasteiger partial charge in [-0.25, -0.2) is 14.8 Å². The van der Waals surface area contributed by atoms with E-state index in [4.69, 9.17) is 10.8 Å². The van der Waals surface area contributed by atoms with Crippen LogP contribution in [-0.4, -0.2) is 54.0 Å². The van der Waals surface area contributed by atoms with Crippen LogP contribution in [0, 0.1) is 0 Å². The van der Waals surface area contributed by atoms with Gasteiger partial charge in [0.25, 0.3) is 11.5 Å². The highest BCUT2D eigenvalue weighted by molar-refractivity contribution is 5.97. The van der Waals surface area contributed by atoms with E-state index in [1.807, 2.05) is 0 Å². The maximum Gasteiger partial charge on any atom is 0.330 e. The lowest BCUT2D eigenvalue weighted by atomic mass is 10.1. The van der Waals surface area contributed by atoms with Crippen LogP contribution < -0.4 is 21.9 Å². The van der Waals surface area contributed by atoms with Crippen molar-refractivity contribution in [3.8, 4) is 0 Å². The number of nitrogens with two attached hydrogens (primary N) is 1. The number of carbonyl (C=O) groups is 3. The molecule has 2 heterocycles. The van der Waals surface area contributed by atoms with Gasteiger partial charge < -0.3 is 26.6 Å². The number of aliphatic carboxylic acids is 2. The SMILES string of the molecule is C=C(CC(=O)O)[C@H](NC(=O)c1ccc(NCc2cnc3nc(N)[nH]c(=O)c3n2)cc1)C(=O)O. The first-order valence-electron chi connectivity index (χ1n) is 9.42. The summed E-state index contributed by atoms with van der Waals surface area (Å²) in [6.07, 6.45) is 0.853. The molecule has 3 rings (SSSR count). The molecule has 0 radical (unpaired) electrons. The number of rotatable bonds is 9. The topological polar surface area (TPSA) is 213 Å². The number of fused-ring (bicyclic) bond motifs is 1. The molecule has 3 aromatic rings. The van der Waals surface area contributed by atoms with Gasteiger partial charge in [0.2, 0.25) is 5.95 Å². The zero-order valence-corrected chi connectivity index (χ0v) is 17.0. The second-order valence-corrected chi connectivity index (χ2v) is 6.89. The average molecular weight is 453 g/mol. The average Bonchev–Trinajstić information content (AvgIpc) is 2.75. The number of nitrogen functional groups attached to an aromatic ring is 1. The molecule has 0 unspecified atom stereocenters. The minimum atomic E-state index is -1.54. The van der Waals surface area contributed by atoms with Crippen molar-refractivity contribution in [2.45, 2.75) is 19.0 Å². The molecule has 0 saturated heterocycles. The van der Waals surface area contributed by atoms with E-state index >= 15 is 0 Å². The molecule has 1 atom stereocenters. The number of carboxylic acid groups (broad SMARTS) is 2. The molecular formula is C20H19N7O6. The second-order valence-electron chi connectivity index (χ2n) is 6.89. The summed E-state index contributed by atoms with van der Waals surface area (Å²) >= 11 is 0. The highest BCUT2D eigenvalue weighted by Crippen LogP contribution is 2.13. The van der Waals surface area contributed by atoms with Gasteiger partial charge in [-0.05, 0) is 29.8 Å². The first-order valence-corrected chi connectivity index (χ1v) is 9.42. The Morgan fingerprint density at radius 2 is 1.85 bits per heavy atom. The van der Waals surface area contributed by atoms with Crippen molar-refractivity contribution >= 4 is 40.6 Å². The summed E-state index contributed by atoms with van der Waals surface area (Å²) in [4.78, 5) is 61.0. The molecule has 1 aromatic carbocycles. The minimum absolute atomic E-state index is 0.0491. The van der Waals surface area contributed by atoms with E-state index in [-0.39, 0.29) is 34.8 Å². The number of aromatic nitrogens is 4. The van der Waals surface area contributed by atoms with E-state index in [0.717, 1.165) is 0 Å². The fourth-order valence-electron chi connectivity index (χ4n) is 2.84. The Kier molecular flexibility index (Phi) is 6.62. The molecule has 0 aliphatic rings. The van der Waals surface area contributed by atoms with Crippen molar-refractivity contribution in [2.75, 3.05) is 11.1 Å². The zero-order chi connectivity index (χ0) is 24.1. The van der Waals surface area contributed by atoms with E-state index < -0.39 is 35.9 Å². The highest BCUT2D eigenvalue weighted by Gasteiger charge is 2.25. The molecule has 7 N–H and O–H groups in total. The van der Waals surface area contributed by atoms with E-state index in [1.165, 1.54) is 18.3 Å². The van der Waals surface area contributed by atoms with Crippen LogP contribution in [0.15, 0.2) is 47.4 Å². The van der Waals surface area contributed by atoms with Gasteiger partial charge in [0, 0.05) is 11.3 Å². The lowest BCUT2D eigenvalue weighted by molar-refractivity contribution is -0.138. The number of nitrogens with zero attached hydrogens (tertiary/aromatic N) is 3. The first-order chi connectivity index (χ1) is 15.6. The van der Waals surface area contributed by atoms with Crippen molar-refractivity contribution in [1.82, 2.24) is 25.3 Å². The van der Waals surface area contributed by atoms with Gasteiger partial charge in [-0.2, -0.15) is 4.98 Å². The number of amides is 1. The number of hydrogen-bond acceptors (Lipinski definition) is 9. The summed E-state index contributed by atoms with van der Waals surface area (Å²) in [5.74, 6) is -3.43. The lowest BCUT2D eigenvalue weighted by Gasteiger charge is -2.16. The molecule has 0 fully saturated rings. The van der Waals surface area contributed by atoms with Crippen LogP contribution in [0.4, 0.5) is 11.6 Å². The van der Waals surface area contributed by atoms with E-state index in [9.17, 15) is 24.3 Å². The molecule has 1 amide bonds. The van der Waals surface area contributed by atoms with E-state index in [0.29, 0.717) is 11.4 Å². The third-order valence-corrected chi connectivity index (χ3v) is 4.42.